The highest BCUT2D eigenvalue weighted by Gasteiger charge is 2.25. The van der Waals surface area contributed by atoms with E-state index < -0.39 is 5.97 Å². The lowest BCUT2D eigenvalue weighted by Crippen LogP contribution is -2.28. The van der Waals surface area contributed by atoms with Gasteiger partial charge in [-0.15, -0.1) is 12.4 Å². The molecule has 1 atom stereocenters. The van der Waals surface area contributed by atoms with Crippen LogP contribution >= 0.6 is 24.0 Å². The Bertz CT molecular complexity index is 1040. The van der Waals surface area contributed by atoms with Crippen LogP contribution in [0.5, 0.6) is 0 Å². The van der Waals surface area contributed by atoms with E-state index in [4.69, 9.17) is 16.3 Å². The number of benzene rings is 1. The van der Waals surface area contributed by atoms with Gasteiger partial charge < -0.3 is 10.1 Å². The Morgan fingerprint density at radius 2 is 2.07 bits per heavy atom. The average molecular weight is 410 g/mol. The van der Waals surface area contributed by atoms with Gasteiger partial charge in [-0.05, 0) is 48.8 Å². The number of ether oxygens (including phenoxy) is 1. The van der Waals surface area contributed by atoms with Crippen LogP contribution in [-0.2, 0) is 4.74 Å². The number of fused-ring (bicyclic) bond motifs is 1. The second-order valence-corrected chi connectivity index (χ2v) is 6.36. The summed E-state index contributed by atoms with van der Waals surface area (Å²) < 4.78 is 7.90. The number of hydrogen-bond donors (Lipinski definition) is 1. The molecule has 0 amide bonds. The van der Waals surface area contributed by atoms with Gasteiger partial charge in [0, 0.05) is 6.54 Å². The Hall–Kier alpha value is -2.42. The topological polar surface area (TPSA) is 91.0 Å². The number of aromatic nitrogens is 4. The van der Waals surface area contributed by atoms with E-state index >= 15 is 0 Å². The number of nitrogens with zero attached hydrogens (tertiary/aromatic N) is 4. The molecule has 3 heterocycles. The van der Waals surface area contributed by atoms with E-state index in [0.29, 0.717) is 29.0 Å². The van der Waals surface area contributed by atoms with Crippen LogP contribution in [0.4, 0.5) is 0 Å². The maximum absolute atomic E-state index is 13.2. The second-order valence-electron chi connectivity index (χ2n) is 6.02. The van der Waals surface area contributed by atoms with Crippen molar-refractivity contribution in [2.24, 2.45) is 0 Å². The Morgan fingerprint density at radius 1 is 1.33 bits per heavy atom. The Balaban J connectivity index is 0.00000210. The first-order valence-electron chi connectivity index (χ1n) is 8.15. The molecule has 0 unspecified atom stereocenters. The van der Waals surface area contributed by atoms with Crippen molar-refractivity contribution in [2.45, 2.75) is 12.5 Å². The van der Waals surface area contributed by atoms with E-state index in [2.05, 4.69) is 15.3 Å². The van der Waals surface area contributed by atoms with E-state index in [1.165, 1.54) is 11.7 Å². The Labute approximate surface area is 165 Å². The zero-order valence-corrected chi connectivity index (χ0v) is 16.0. The van der Waals surface area contributed by atoms with E-state index in [1.54, 1.807) is 35.0 Å². The first-order valence-corrected chi connectivity index (χ1v) is 8.53. The lowest BCUT2D eigenvalue weighted by molar-refractivity contribution is 0.0601. The molecule has 1 aliphatic heterocycles. The number of carbonyl (C=O) groups is 1. The summed E-state index contributed by atoms with van der Waals surface area (Å²) in [7, 11) is 1.32. The number of carbonyl (C=O) groups excluding carboxylic acids is 1. The molecule has 0 saturated carbocycles. The number of nitrogens with one attached hydrogen (secondary N) is 1. The molecule has 3 aromatic rings. The Morgan fingerprint density at radius 3 is 2.70 bits per heavy atom. The van der Waals surface area contributed by atoms with Crippen LogP contribution in [0.15, 0.2) is 35.3 Å². The number of esters is 1. The highest BCUT2D eigenvalue weighted by atomic mass is 35.5. The fourth-order valence-electron chi connectivity index (χ4n) is 3.28. The van der Waals surface area contributed by atoms with E-state index in [1.807, 2.05) is 0 Å². The molecule has 1 saturated heterocycles. The molecule has 1 N–H and O–H groups in total. The van der Waals surface area contributed by atoms with Crippen LogP contribution in [0.3, 0.4) is 0 Å². The summed E-state index contributed by atoms with van der Waals surface area (Å²) in [6.07, 6.45) is 2.38. The summed E-state index contributed by atoms with van der Waals surface area (Å²) in [6.45, 7) is 1.54. The summed E-state index contributed by atoms with van der Waals surface area (Å²) >= 11 is 5.96. The minimum Gasteiger partial charge on any atom is -0.465 e. The molecule has 0 radical (unpaired) electrons. The lowest BCUT2D eigenvalue weighted by Gasteiger charge is -2.09. The van der Waals surface area contributed by atoms with Crippen LogP contribution in [-0.4, -0.2) is 45.3 Å². The molecule has 0 spiro atoms. The number of halogens is 2. The van der Waals surface area contributed by atoms with Crippen molar-refractivity contribution in [1.82, 2.24) is 24.4 Å². The number of rotatable bonds is 3. The second kappa shape index (κ2) is 7.67. The third kappa shape index (κ3) is 3.31. The average Bonchev–Trinajstić information content (AvgIpc) is 3.26. The van der Waals surface area contributed by atoms with Crippen LogP contribution < -0.4 is 11.0 Å². The molecule has 2 aromatic heterocycles. The summed E-state index contributed by atoms with van der Waals surface area (Å²) in [6, 6.07) is 6.62. The van der Waals surface area contributed by atoms with Gasteiger partial charge >= 0.3 is 11.7 Å². The van der Waals surface area contributed by atoms with Crippen molar-refractivity contribution in [1.29, 1.82) is 0 Å². The maximum atomic E-state index is 13.2. The van der Waals surface area contributed by atoms with Gasteiger partial charge in [0.25, 0.3) is 0 Å². The molecule has 27 heavy (non-hydrogen) atoms. The zero-order chi connectivity index (χ0) is 18.3. The highest BCUT2D eigenvalue weighted by Crippen LogP contribution is 2.23. The highest BCUT2D eigenvalue weighted by molar-refractivity contribution is 6.28. The standard InChI is InChI=1S/C17H16ClN5O3.ClH/c1-26-15(24)10-2-4-11(5-3-10)22-13-9-20-16(18)21-14(13)23(17(22)25)12-6-7-19-8-12;/h2-5,9,12,19H,6-8H2,1H3;1H/t12-;/m0./s1. The van der Waals surface area contributed by atoms with Gasteiger partial charge in [0.2, 0.25) is 5.28 Å². The van der Waals surface area contributed by atoms with Crippen molar-refractivity contribution in [2.75, 3.05) is 20.2 Å². The van der Waals surface area contributed by atoms with Gasteiger partial charge in [0.05, 0.1) is 30.6 Å². The minimum atomic E-state index is -0.432. The quantitative estimate of drug-likeness (QED) is 0.525. The monoisotopic (exact) mass is 409 g/mol. The first kappa shape index (κ1) is 19.3. The van der Waals surface area contributed by atoms with Crippen LogP contribution in [0.1, 0.15) is 22.8 Å². The van der Waals surface area contributed by atoms with Crippen LogP contribution in [0.2, 0.25) is 5.28 Å². The number of hydrogen-bond acceptors (Lipinski definition) is 6. The smallest absolute Gasteiger partial charge is 0.337 e. The molecule has 1 aromatic carbocycles. The summed E-state index contributed by atoms with van der Waals surface area (Å²) in [5.41, 5.74) is 1.88. The fourth-order valence-corrected chi connectivity index (χ4v) is 3.41. The SMILES string of the molecule is COC(=O)c1ccc(-n2c(=O)n([C@H]3CCNC3)c3nc(Cl)ncc32)cc1.Cl. The largest absolute Gasteiger partial charge is 0.465 e. The van der Waals surface area contributed by atoms with Crippen LogP contribution in [0.25, 0.3) is 16.9 Å². The molecular weight excluding hydrogens is 393 g/mol. The molecule has 142 valence electrons. The van der Waals surface area contributed by atoms with Crippen molar-refractivity contribution in [3.63, 3.8) is 0 Å². The van der Waals surface area contributed by atoms with E-state index in [9.17, 15) is 9.59 Å². The third-order valence-corrected chi connectivity index (χ3v) is 4.72. The minimum absolute atomic E-state index is 0. The molecular formula is C17H17Cl2N5O3. The van der Waals surface area contributed by atoms with Gasteiger partial charge in [-0.3, -0.25) is 9.13 Å². The predicted octanol–water partition coefficient (Wildman–Crippen LogP) is 1.98. The molecule has 1 fully saturated rings. The maximum Gasteiger partial charge on any atom is 0.337 e. The number of methoxy groups -OCH3 is 1. The van der Waals surface area contributed by atoms with Gasteiger partial charge in [-0.1, -0.05) is 0 Å². The van der Waals surface area contributed by atoms with E-state index in [-0.39, 0.29) is 29.4 Å². The normalized spacial score (nSPS) is 16.3. The molecule has 0 aliphatic carbocycles. The Kier molecular flexibility index (Phi) is 5.50. The summed E-state index contributed by atoms with van der Waals surface area (Å²) in [5.74, 6) is -0.432. The van der Waals surface area contributed by atoms with Gasteiger partial charge in [-0.2, -0.15) is 4.98 Å². The predicted molar refractivity (Wildman–Crippen MR) is 103 cm³/mol. The first-order chi connectivity index (χ1) is 12.6. The van der Waals surface area contributed by atoms with Crippen molar-refractivity contribution < 1.29 is 9.53 Å². The molecule has 1 aliphatic rings. The van der Waals surface area contributed by atoms with Gasteiger partial charge in [0.1, 0.15) is 5.52 Å². The zero-order valence-electron chi connectivity index (χ0n) is 14.4. The number of imidazole rings is 1. The molecule has 0 bridgehead atoms. The molecule has 4 rings (SSSR count). The van der Waals surface area contributed by atoms with Gasteiger partial charge in [-0.25, -0.2) is 14.6 Å². The fraction of sp³-hybridized carbons (Fsp3) is 0.294. The van der Waals surface area contributed by atoms with Crippen molar-refractivity contribution in [3.05, 3.63) is 51.8 Å². The van der Waals surface area contributed by atoms with Crippen LogP contribution in [0, 0.1) is 0 Å². The third-order valence-electron chi connectivity index (χ3n) is 4.53. The summed E-state index contributed by atoms with van der Waals surface area (Å²) in [5, 5.41) is 3.35. The van der Waals surface area contributed by atoms with Crippen molar-refractivity contribution in [3.8, 4) is 5.69 Å². The summed E-state index contributed by atoms with van der Waals surface area (Å²) in [4.78, 5) is 33.1. The van der Waals surface area contributed by atoms with Crippen molar-refractivity contribution >= 4 is 41.1 Å². The molecule has 8 nitrogen and oxygen atoms in total. The lowest BCUT2D eigenvalue weighted by atomic mass is 10.2. The van der Waals surface area contributed by atoms with Gasteiger partial charge in [0.15, 0.2) is 5.65 Å². The van der Waals surface area contributed by atoms with E-state index in [0.717, 1.165) is 13.0 Å². The molecule has 10 heteroatoms.